The summed E-state index contributed by atoms with van der Waals surface area (Å²) in [6.45, 7) is 0. The smallest absolute Gasteiger partial charge is 0.198 e. The summed E-state index contributed by atoms with van der Waals surface area (Å²) in [5.74, 6) is -2.83. The largest absolute Gasteiger partial charge is 0.288 e. The van der Waals surface area contributed by atoms with Crippen molar-refractivity contribution in [3.63, 3.8) is 0 Å². The van der Waals surface area contributed by atoms with Gasteiger partial charge in [0.2, 0.25) is 0 Å². The highest BCUT2D eigenvalue weighted by Crippen LogP contribution is 2.24. The molecule has 0 bridgehead atoms. The van der Waals surface area contributed by atoms with Crippen molar-refractivity contribution in [1.29, 1.82) is 0 Å². The molecule has 0 aliphatic heterocycles. The Morgan fingerprint density at radius 1 is 1.05 bits per heavy atom. The van der Waals surface area contributed by atoms with Gasteiger partial charge in [-0.3, -0.25) is 4.79 Å². The van der Waals surface area contributed by atoms with Crippen molar-refractivity contribution in [2.45, 2.75) is 4.90 Å². The predicted octanol–water partition coefficient (Wildman–Crippen LogP) is 3.36. The SMILES string of the molecule is CS(=O)(=O)c1ccc(C(=O)c2c(F)ccc(Br)c2F)cc1. The van der Waals surface area contributed by atoms with Gasteiger partial charge in [0.1, 0.15) is 5.82 Å². The topological polar surface area (TPSA) is 51.2 Å². The minimum atomic E-state index is -3.40. The van der Waals surface area contributed by atoms with Crippen molar-refractivity contribution in [1.82, 2.24) is 0 Å². The summed E-state index contributed by atoms with van der Waals surface area (Å²) < 4.78 is 50.1. The van der Waals surface area contributed by atoms with E-state index in [4.69, 9.17) is 0 Å². The number of halogens is 3. The third-order valence-corrected chi connectivity index (χ3v) is 4.56. The lowest BCUT2D eigenvalue weighted by Gasteiger charge is -2.06. The van der Waals surface area contributed by atoms with E-state index >= 15 is 0 Å². The first kappa shape index (κ1) is 15.8. The third kappa shape index (κ3) is 3.19. The minimum absolute atomic E-state index is 0.00157. The van der Waals surface area contributed by atoms with Crippen molar-refractivity contribution < 1.29 is 22.0 Å². The lowest BCUT2D eigenvalue weighted by atomic mass is 10.0. The first-order chi connectivity index (χ1) is 9.71. The normalized spacial score (nSPS) is 11.4. The Kier molecular flexibility index (Phi) is 4.25. The monoisotopic (exact) mass is 374 g/mol. The molecule has 0 fully saturated rings. The maximum Gasteiger partial charge on any atom is 0.198 e. The summed E-state index contributed by atoms with van der Waals surface area (Å²) in [5, 5.41) is 0. The summed E-state index contributed by atoms with van der Waals surface area (Å²) in [4.78, 5) is 12.2. The van der Waals surface area contributed by atoms with E-state index in [1.807, 2.05) is 0 Å². The highest BCUT2D eigenvalue weighted by atomic mass is 79.9. The molecule has 2 aromatic carbocycles. The van der Waals surface area contributed by atoms with Gasteiger partial charge in [0.05, 0.1) is 14.9 Å². The second-order valence-electron chi connectivity index (χ2n) is 4.34. The summed E-state index contributed by atoms with van der Waals surface area (Å²) in [7, 11) is -3.40. The molecule has 0 aromatic heterocycles. The molecule has 0 saturated carbocycles. The van der Waals surface area contributed by atoms with Gasteiger partial charge in [0, 0.05) is 11.8 Å². The number of hydrogen-bond acceptors (Lipinski definition) is 3. The summed E-state index contributed by atoms with van der Waals surface area (Å²) in [6, 6.07) is 7.02. The highest BCUT2D eigenvalue weighted by Gasteiger charge is 2.21. The van der Waals surface area contributed by atoms with E-state index in [1.54, 1.807) is 0 Å². The van der Waals surface area contributed by atoms with Crippen LogP contribution < -0.4 is 0 Å². The molecular formula is C14H9BrF2O3S. The molecular weight excluding hydrogens is 366 g/mol. The van der Waals surface area contributed by atoms with Gasteiger partial charge in [-0.05, 0) is 52.3 Å². The van der Waals surface area contributed by atoms with E-state index in [0.29, 0.717) is 0 Å². The second-order valence-corrected chi connectivity index (χ2v) is 7.21. The van der Waals surface area contributed by atoms with Gasteiger partial charge in [-0.25, -0.2) is 17.2 Å². The molecule has 2 aromatic rings. The van der Waals surface area contributed by atoms with Crippen molar-refractivity contribution in [2.75, 3.05) is 6.26 Å². The predicted molar refractivity (Wildman–Crippen MR) is 77.0 cm³/mol. The average Bonchev–Trinajstić information content (AvgIpc) is 2.42. The number of benzene rings is 2. The molecule has 0 atom stereocenters. The number of rotatable bonds is 3. The molecule has 0 N–H and O–H groups in total. The highest BCUT2D eigenvalue weighted by molar-refractivity contribution is 9.10. The van der Waals surface area contributed by atoms with Crippen LogP contribution in [-0.2, 0) is 9.84 Å². The maximum atomic E-state index is 13.9. The van der Waals surface area contributed by atoms with E-state index in [0.717, 1.165) is 18.4 Å². The Labute approximate surface area is 128 Å². The van der Waals surface area contributed by atoms with E-state index in [2.05, 4.69) is 15.9 Å². The Morgan fingerprint density at radius 2 is 1.62 bits per heavy atom. The molecule has 21 heavy (non-hydrogen) atoms. The zero-order valence-electron chi connectivity index (χ0n) is 10.7. The molecule has 0 saturated heterocycles. The third-order valence-electron chi connectivity index (χ3n) is 2.82. The zero-order chi connectivity index (χ0) is 15.8. The number of carbonyl (C=O) groups excluding carboxylic acids is 1. The Morgan fingerprint density at radius 3 is 2.14 bits per heavy atom. The van der Waals surface area contributed by atoms with Crippen molar-refractivity contribution in [2.24, 2.45) is 0 Å². The van der Waals surface area contributed by atoms with Crippen molar-refractivity contribution >= 4 is 31.6 Å². The van der Waals surface area contributed by atoms with E-state index in [-0.39, 0.29) is 14.9 Å². The van der Waals surface area contributed by atoms with Crippen LogP contribution in [0.3, 0.4) is 0 Å². The fraction of sp³-hybridized carbons (Fsp3) is 0.0714. The molecule has 0 radical (unpaired) electrons. The van der Waals surface area contributed by atoms with E-state index in [9.17, 15) is 22.0 Å². The molecule has 2 rings (SSSR count). The minimum Gasteiger partial charge on any atom is -0.288 e. The molecule has 7 heteroatoms. The molecule has 0 spiro atoms. The van der Waals surface area contributed by atoms with Crippen LogP contribution in [0.5, 0.6) is 0 Å². The second kappa shape index (κ2) is 5.65. The van der Waals surface area contributed by atoms with Crippen LogP contribution in [0.25, 0.3) is 0 Å². The molecule has 110 valence electrons. The van der Waals surface area contributed by atoms with Gasteiger partial charge in [-0.15, -0.1) is 0 Å². The van der Waals surface area contributed by atoms with Gasteiger partial charge in [0.25, 0.3) is 0 Å². The van der Waals surface area contributed by atoms with Gasteiger partial charge in [0.15, 0.2) is 21.4 Å². The fourth-order valence-corrected chi connectivity index (χ4v) is 2.69. The molecule has 0 aliphatic rings. The summed E-state index contributed by atoms with van der Waals surface area (Å²) in [5.41, 5.74) is -0.685. The van der Waals surface area contributed by atoms with Crippen LogP contribution in [0.4, 0.5) is 8.78 Å². The first-order valence-corrected chi connectivity index (χ1v) is 8.38. The van der Waals surface area contributed by atoms with E-state index in [1.165, 1.54) is 24.3 Å². The van der Waals surface area contributed by atoms with Gasteiger partial charge >= 0.3 is 0 Å². The number of carbonyl (C=O) groups is 1. The van der Waals surface area contributed by atoms with Crippen molar-refractivity contribution in [3.8, 4) is 0 Å². The van der Waals surface area contributed by atoms with E-state index < -0.39 is 32.8 Å². The van der Waals surface area contributed by atoms with Crippen LogP contribution in [0.1, 0.15) is 15.9 Å². The number of hydrogen-bond donors (Lipinski definition) is 0. The number of sulfone groups is 1. The Hall–Kier alpha value is -1.60. The summed E-state index contributed by atoms with van der Waals surface area (Å²) >= 11 is 2.89. The van der Waals surface area contributed by atoms with Gasteiger partial charge < -0.3 is 0 Å². The fourth-order valence-electron chi connectivity index (χ4n) is 1.73. The molecule has 0 unspecified atom stereocenters. The standard InChI is InChI=1S/C14H9BrF2O3S/c1-21(19,20)9-4-2-8(3-5-9)14(18)12-11(16)7-6-10(15)13(12)17/h2-7H,1H3. The summed E-state index contributed by atoms with van der Waals surface area (Å²) in [6.07, 6.45) is 1.03. The first-order valence-electron chi connectivity index (χ1n) is 5.70. The lowest BCUT2D eigenvalue weighted by Crippen LogP contribution is -2.08. The molecule has 0 heterocycles. The van der Waals surface area contributed by atoms with Crippen LogP contribution in [0, 0.1) is 11.6 Å². The lowest BCUT2D eigenvalue weighted by molar-refractivity contribution is 0.103. The van der Waals surface area contributed by atoms with Crippen molar-refractivity contribution in [3.05, 3.63) is 63.6 Å². The Bertz CT molecular complexity index is 815. The Balaban J connectivity index is 2.49. The zero-order valence-corrected chi connectivity index (χ0v) is 13.1. The molecule has 0 amide bonds. The quantitative estimate of drug-likeness (QED) is 0.611. The number of ketones is 1. The van der Waals surface area contributed by atoms with Crippen LogP contribution in [0.2, 0.25) is 0 Å². The average molecular weight is 375 g/mol. The molecule has 0 aliphatic carbocycles. The maximum absolute atomic E-state index is 13.9. The van der Waals surface area contributed by atoms with Crippen LogP contribution in [-0.4, -0.2) is 20.5 Å². The molecule has 3 nitrogen and oxygen atoms in total. The van der Waals surface area contributed by atoms with Gasteiger partial charge in [-0.2, -0.15) is 0 Å². The van der Waals surface area contributed by atoms with Crippen LogP contribution in [0.15, 0.2) is 45.8 Å². The van der Waals surface area contributed by atoms with Gasteiger partial charge in [-0.1, -0.05) is 0 Å². The van der Waals surface area contributed by atoms with Crippen LogP contribution >= 0.6 is 15.9 Å².